The number of aliphatic imine (C=N–C) groups is 1. The lowest BCUT2D eigenvalue weighted by molar-refractivity contribution is -0.142. The molecule has 2 aliphatic heterocycles. The van der Waals surface area contributed by atoms with Gasteiger partial charge in [-0.05, 0) is 37.8 Å². The average Bonchev–Trinajstić information content (AvgIpc) is 3.27. The number of nitrogens with zero attached hydrogens (tertiary/aromatic N) is 3. The highest BCUT2D eigenvalue weighted by Gasteiger charge is 2.44. The predicted molar refractivity (Wildman–Crippen MR) is 113 cm³/mol. The summed E-state index contributed by atoms with van der Waals surface area (Å²) in [6.45, 7) is 4.75. The molecule has 3 aliphatic rings. The third-order valence-electron chi connectivity index (χ3n) is 5.76. The first-order chi connectivity index (χ1) is 13.7. The second-order valence-corrected chi connectivity index (χ2v) is 9.35. The highest BCUT2D eigenvalue weighted by atomic mass is 32.2. The maximum atomic E-state index is 12.5. The number of carbonyl (C=O) groups is 1. The Hall–Kier alpha value is -1.73. The van der Waals surface area contributed by atoms with Crippen LogP contribution in [0.15, 0.2) is 40.2 Å². The number of amides is 1. The molecule has 2 saturated heterocycles. The normalized spacial score (nSPS) is 24.3. The molecule has 0 bridgehead atoms. The second-order valence-electron chi connectivity index (χ2n) is 7.81. The molecule has 1 aliphatic carbocycles. The van der Waals surface area contributed by atoms with Crippen molar-refractivity contribution < 1.29 is 9.53 Å². The molecule has 4 rings (SSSR count). The fourth-order valence-corrected chi connectivity index (χ4v) is 5.12. The summed E-state index contributed by atoms with van der Waals surface area (Å²) in [6.07, 6.45) is 4.12. The van der Waals surface area contributed by atoms with Crippen molar-refractivity contribution in [1.82, 2.24) is 15.1 Å². The summed E-state index contributed by atoms with van der Waals surface area (Å²) in [5.41, 5.74) is 0. The Morgan fingerprint density at radius 3 is 2.54 bits per heavy atom. The van der Waals surface area contributed by atoms with E-state index >= 15 is 0 Å². The SMILES string of the molecule is CN=C(NCC1(Sc2ccccc2)CC1)N1CCN(C(=O)C2CCCO2)CC1. The van der Waals surface area contributed by atoms with Crippen molar-refractivity contribution in [3.05, 3.63) is 30.3 Å². The summed E-state index contributed by atoms with van der Waals surface area (Å²) in [7, 11) is 1.84. The van der Waals surface area contributed by atoms with Gasteiger partial charge in [-0.3, -0.25) is 9.79 Å². The largest absolute Gasteiger partial charge is 0.368 e. The molecular weight excluding hydrogens is 372 g/mol. The van der Waals surface area contributed by atoms with Crippen molar-refractivity contribution in [1.29, 1.82) is 0 Å². The standard InChI is InChI=1S/C21H30N4O2S/c1-22-20(23-16-21(9-10-21)28-17-6-3-2-4-7-17)25-13-11-24(12-14-25)19(26)18-8-5-15-27-18/h2-4,6-7,18H,5,8-16H2,1H3,(H,22,23). The molecule has 2 heterocycles. The van der Waals surface area contributed by atoms with Crippen molar-refractivity contribution in [2.24, 2.45) is 4.99 Å². The van der Waals surface area contributed by atoms with Crippen molar-refractivity contribution in [3.8, 4) is 0 Å². The molecule has 0 radical (unpaired) electrons. The van der Waals surface area contributed by atoms with Gasteiger partial charge >= 0.3 is 0 Å². The van der Waals surface area contributed by atoms with Gasteiger partial charge in [0.15, 0.2) is 5.96 Å². The summed E-state index contributed by atoms with van der Waals surface area (Å²) in [4.78, 5) is 22.6. The first kappa shape index (κ1) is 19.6. The molecule has 6 nitrogen and oxygen atoms in total. The molecular formula is C21H30N4O2S. The van der Waals surface area contributed by atoms with Gasteiger partial charge in [0.2, 0.25) is 0 Å². The zero-order valence-corrected chi connectivity index (χ0v) is 17.4. The third kappa shape index (κ3) is 4.63. The summed E-state index contributed by atoms with van der Waals surface area (Å²) >= 11 is 1.97. The van der Waals surface area contributed by atoms with Gasteiger partial charge in [0.05, 0.1) is 0 Å². The number of rotatable bonds is 5. The number of nitrogens with one attached hydrogen (secondary N) is 1. The molecule has 7 heteroatoms. The lowest BCUT2D eigenvalue weighted by Gasteiger charge is -2.37. The number of hydrogen-bond donors (Lipinski definition) is 1. The molecule has 1 unspecified atom stereocenters. The maximum absolute atomic E-state index is 12.5. The van der Waals surface area contributed by atoms with Gasteiger partial charge in [0.25, 0.3) is 5.91 Å². The van der Waals surface area contributed by atoms with Gasteiger partial charge in [0, 0.05) is 56.0 Å². The fourth-order valence-electron chi connectivity index (χ4n) is 3.88. The van der Waals surface area contributed by atoms with Crippen LogP contribution in [0, 0.1) is 0 Å². The lowest BCUT2D eigenvalue weighted by atomic mass is 10.2. The number of ether oxygens (including phenoxy) is 1. The van der Waals surface area contributed by atoms with Crippen molar-refractivity contribution in [2.45, 2.75) is 41.4 Å². The van der Waals surface area contributed by atoms with Gasteiger partial charge in [-0.15, -0.1) is 11.8 Å². The summed E-state index contributed by atoms with van der Waals surface area (Å²) in [5, 5.41) is 3.59. The van der Waals surface area contributed by atoms with Crippen LogP contribution in [-0.2, 0) is 9.53 Å². The van der Waals surface area contributed by atoms with E-state index in [0.29, 0.717) is 0 Å². The monoisotopic (exact) mass is 402 g/mol. The van der Waals surface area contributed by atoms with Gasteiger partial charge in [0.1, 0.15) is 6.10 Å². The van der Waals surface area contributed by atoms with Gasteiger partial charge in [-0.2, -0.15) is 0 Å². The van der Waals surface area contributed by atoms with E-state index in [2.05, 4.69) is 45.5 Å². The van der Waals surface area contributed by atoms with Crippen LogP contribution in [0.4, 0.5) is 0 Å². The Balaban J connectivity index is 1.25. The molecule has 28 heavy (non-hydrogen) atoms. The Kier molecular flexibility index (Phi) is 6.11. The Labute approximate surface area is 171 Å². The lowest BCUT2D eigenvalue weighted by Crippen LogP contribution is -2.55. The van der Waals surface area contributed by atoms with Crippen LogP contribution in [0.1, 0.15) is 25.7 Å². The number of thioether (sulfide) groups is 1. The van der Waals surface area contributed by atoms with Crippen LogP contribution in [0.25, 0.3) is 0 Å². The van der Waals surface area contributed by atoms with Crippen molar-refractivity contribution >= 4 is 23.6 Å². The van der Waals surface area contributed by atoms with Crippen LogP contribution >= 0.6 is 11.8 Å². The predicted octanol–water partition coefficient (Wildman–Crippen LogP) is 2.21. The van der Waals surface area contributed by atoms with E-state index < -0.39 is 0 Å². The van der Waals surface area contributed by atoms with Crippen LogP contribution in [0.5, 0.6) is 0 Å². The zero-order valence-electron chi connectivity index (χ0n) is 16.6. The molecule has 1 amide bonds. The summed E-state index contributed by atoms with van der Waals surface area (Å²) in [5.74, 6) is 1.11. The second kappa shape index (κ2) is 8.74. The van der Waals surface area contributed by atoms with E-state index in [9.17, 15) is 4.79 Å². The van der Waals surface area contributed by atoms with E-state index in [-0.39, 0.29) is 16.8 Å². The van der Waals surface area contributed by atoms with E-state index in [0.717, 1.165) is 58.1 Å². The maximum Gasteiger partial charge on any atom is 0.251 e. The van der Waals surface area contributed by atoms with Crippen molar-refractivity contribution in [3.63, 3.8) is 0 Å². The van der Waals surface area contributed by atoms with Crippen LogP contribution in [-0.4, -0.2) is 78.9 Å². The molecule has 0 aromatic heterocycles. The Morgan fingerprint density at radius 2 is 1.93 bits per heavy atom. The molecule has 1 aromatic rings. The molecule has 1 saturated carbocycles. The average molecular weight is 403 g/mol. The van der Waals surface area contributed by atoms with E-state index in [4.69, 9.17) is 4.74 Å². The quantitative estimate of drug-likeness (QED) is 0.605. The van der Waals surface area contributed by atoms with Crippen LogP contribution in [0.2, 0.25) is 0 Å². The van der Waals surface area contributed by atoms with Crippen LogP contribution < -0.4 is 5.32 Å². The smallest absolute Gasteiger partial charge is 0.251 e. The Bertz CT molecular complexity index is 694. The molecule has 1 N–H and O–H groups in total. The highest BCUT2D eigenvalue weighted by Crippen LogP contribution is 2.51. The number of benzene rings is 1. The minimum atomic E-state index is -0.214. The summed E-state index contributed by atoms with van der Waals surface area (Å²) < 4.78 is 5.84. The minimum Gasteiger partial charge on any atom is -0.368 e. The Morgan fingerprint density at radius 1 is 1.21 bits per heavy atom. The van der Waals surface area contributed by atoms with Crippen molar-refractivity contribution in [2.75, 3.05) is 46.4 Å². The molecule has 152 valence electrons. The number of guanidine groups is 1. The molecule has 0 spiro atoms. The number of hydrogen-bond acceptors (Lipinski definition) is 4. The summed E-state index contributed by atoms with van der Waals surface area (Å²) in [6, 6.07) is 10.6. The first-order valence-electron chi connectivity index (χ1n) is 10.3. The van der Waals surface area contributed by atoms with Gasteiger partial charge in [-0.1, -0.05) is 18.2 Å². The number of carbonyl (C=O) groups excluding carboxylic acids is 1. The van der Waals surface area contributed by atoms with E-state index in [1.54, 1.807) is 0 Å². The fraction of sp³-hybridized carbons (Fsp3) is 0.619. The third-order valence-corrected chi connectivity index (χ3v) is 7.26. The minimum absolute atomic E-state index is 0.163. The van der Waals surface area contributed by atoms with E-state index in [1.807, 2.05) is 23.7 Å². The molecule has 1 atom stereocenters. The van der Waals surface area contributed by atoms with Gasteiger partial charge in [-0.25, -0.2) is 0 Å². The highest BCUT2D eigenvalue weighted by molar-refractivity contribution is 8.01. The molecule has 1 aromatic carbocycles. The van der Waals surface area contributed by atoms with E-state index in [1.165, 1.54) is 17.7 Å². The van der Waals surface area contributed by atoms with Gasteiger partial charge < -0.3 is 19.9 Å². The first-order valence-corrected chi connectivity index (χ1v) is 11.1. The topological polar surface area (TPSA) is 57.2 Å². The van der Waals surface area contributed by atoms with Crippen LogP contribution in [0.3, 0.4) is 0 Å². The number of piperazine rings is 1. The zero-order chi connectivity index (χ0) is 19.4. The molecule has 3 fully saturated rings.